The summed E-state index contributed by atoms with van der Waals surface area (Å²) in [6.07, 6.45) is -0.0109. The Morgan fingerprint density at radius 2 is 2.46 bits per heavy atom. The normalized spacial score (nSPS) is 30.1. The molecule has 0 aliphatic carbocycles. The lowest BCUT2D eigenvalue weighted by molar-refractivity contribution is -0.123. The fourth-order valence-electron chi connectivity index (χ4n) is 1.16. The average Bonchev–Trinajstić information content (AvgIpc) is 2.50. The maximum Gasteiger partial charge on any atom is 0.237 e. The highest BCUT2D eigenvalue weighted by Gasteiger charge is 2.28. The third-order valence-electron chi connectivity index (χ3n) is 2.15. The number of carbonyl (C=O) groups excluding carboxylic acids is 1. The van der Waals surface area contributed by atoms with Gasteiger partial charge in [-0.05, 0) is 6.42 Å². The molecule has 0 aromatic heterocycles. The van der Waals surface area contributed by atoms with Gasteiger partial charge >= 0.3 is 0 Å². The summed E-state index contributed by atoms with van der Waals surface area (Å²) in [5, 5.41) is 12.0. The van der Waals surface area contributed by atoms with E-state index in [1.807, 2.05) is 6.92 Å². The summed E-state index contributed by atoms with van der Waals surface area (Å²) >= 11 is 0. The van der Waals surface area contributed by atoms with E-state index >= 15 is 0 Å². The third-order valence-corrected chi connectivity index (χ3v) is 2.15. The summed E-state index contributed by atoms with van der Waals surface area (Å²) in [4.78, 5) is 11.3. The summed E-state index contributed by atoms with van der Waals surface area (Å²) in [6.45, 7) is 2.49. The van der Waals surface area contributed by atoms with E-state index in [0.717, 1.165) is 0 Å². The van der Waals surface area contributed by atoms with Crippen LogP contribution in [-0.2, 0) is 9.53 Å². The molecule has 0 bridgehead atoms. The number of aliphatic hydroxyl groups is 1. The number of hydrogen-bond acceptors (Lipinski definition) is 4. The Balaban J connectivity index is 2.35. The first-order chi connectivity index (χ1) is 6.15. The van der Waals surface area contributed by atoms with Gasteiger partial charge in [-0.3, -0.25) is 4.79 Å². The number of hydrogen-bond donors (Lipinski definition) is 3. The molecule has 1 aliphatic heterocycles. The van der Waals surface area contributed by atoms with Crippen molar-refractivity contribution in [2.24, 2.45) is 5.73 Å². The Labute approximate surface area is 77.2 Å². The first kappa shape index (κ1) is 10.4. The molecule has 1 unspecified atom stereocenters. The number of aliphatic hydroxyl groups excluding tert-OH is 1. The van der Waals surface area contributed by atoms with Gasteiger partial charge in [0.05, 0.1) is 31.4 Å². The van der Waals surface area contributed by atoms with Gasteiger partial charge in [0.2, 0.25) is 5.91 Å². The Morgan fingerprint density at radius 3 is 2.92 bits per heavy atom. The average molecular weight is 188 g/mol. The minimum Gasteiger partial charge on any atom is -0.388 e. The lowest BCUT2D eigenvalue weighted by Gasteiger charge is -2.16. The second-order valence-corrected chi connectivity index (χ2v) is 3.23. The van der Waals surface area contributed by atoms with Crippen LogP contribution in [0.25, 0.3) is 0 Å². The molecule has 4 N–H and O–H groups in total. The Hall–Kier alpha value is -0.650. The highest BCUT2D eigenvalue weighted by molar-refractivity contribution is 5.81. The summed E-state index contributed by atoms with van der Waals surface area (Å²) in [7, 11) is 0. The number of nitrogens with one attached hydrogen (secondary N) is 1. The van der Waals surface area contributed by atoms with E-state index in [-0.39, 0.29) is 18.6 Å². The molecule has 1 heterocycles. The zero-order valence-electron chi connectivity index (χ0n) is 7.69. The highest BCUT2D eigenvalue weighted by atomic mass is 16.5. The molecule has 0 radical (unpaired) electrons. The second-order valence-electron chi connectivity index (χ2n) is 3.23. The molecule has 0 aromatic rings. The van der Waals surface area contributed by atoms with Gasteiger partial charge in [0.25, 0.3) is 0 Å². The van der Waals surface area contributed by atoms with E-state index < -0.39 is 12.1 Å². The van der Waals surface area contributed by atoms with Crippen LogP contribution in [-0.4, -0.2) is 42.4 Å². The van der Waals surface area contributed by atoms with Crippen molar-refractivity contribution in [3.8, 4) is 0 Å². The van der Waals surface area contributed by atoms with Gasteiger partial charge in [-0.15, -0.1) is 0 Å². The third kappa shape index (κ3) is 2.65. The molecule has 5 nitrogen and oxygen atoms in total. The Morgan fingerprint density at radius 1 is 1.77 bits per heavy atom. The molecule has 1 rings (SSSR count). The Bertz CT molecular complexity index is 186. The van der Waals surface area contributed by atoms with Crippen molar-refractivity contribution in [3.63, 3.8) is 0 Å². The maximum absolute atomic E-state index is 11.3. The molecule has 1 fully saturated rings. The van der Waals surface area contributed by atoms with Crippen LogP contribution < -0.4 is 11.1 Å². The fraction of sp³-hybridized carbons (Fsp3) is 0.875. The van der Waals surface area contributed by atoms with Gasteiger partial charge in [-0.2, -0.15) is 0 Å². The quantitative estimate of drug-likeness (QED) is 0.508. The van der Waals surface area contributed by atoms with E-state index in [9.17, 15) is 9.90 Å². The van der Waals surface area contributed by atoms with Crippen LogP contribution in [0.2, 0.25) is 0 Å². The summed E-state index contributed by atoms with van der Waals surface area (Å²) in [5.41, 5.74) is 5.51. The molecule has 1 aliphatic rings. The lowest BCUT2D eigenvalue weighted by atomic mass is 10.1. The van der Waals surface area contributed by atoms with Gasteiger partial charge in [0.15, 0.2) is 0 Å². The van der Waals surface area contributed by atoms with Crippen LogP contribution in [0.15, 0.2) is 0 Å². The van der Waals surface area contributed by atoms with Crippen LogP contribution in [0.4, 0.5) is 0 Å². The van der Waals surface area contributed by atoms with E-state index in [1.165, 1.54) is 0 Å². The molecule has 0 saturated carbocycles. The zero-order valence-corrected chi connectivity index (χ0v) is 7.69. The molecule has 13 heavy (non-hydrogen) atoms. The SMILES string of the molecule is CCC(N)C(=O)N[C@@H]1COC[C@H]1O. The summed E-state index contributed by atoms with van der Waals surface area (Å²) in [6, 6.07) is -0.794. The number of rotatable bonds is 3. The van der Waals surface area contributed by atoms with Gasteiger partial charge < -0.3 is 20.9 Å². The van der Waals surface area contributed by atoms with Gasteiger partial charge in [-0.1, -0.05) is 6.92 Å². The largest absolute Gasteiger partial charge is 0.388 e. The molecule has 5 heteroatoms. The molecule has 1 saturated heterocycles. The number of amides is 1. The molecular weight excluding hydrogens is 172 g/mol. The molecular formula is C8H16N2O3. The van der Waals surface area contributed by atoms with Gasteiger partial charge in [-0.25, -0.2) is 0 Å². The van der Waals surface area contributed by atoms with Crippen LogP contribution in [0.3, 0.4) is 0 Å². The van der Waals surface area contributed by atoms with Crippen molar-refractivity contribution in [1.82, 2.24) is 5.32 Å². The first-order valence-electron chi connectivity index (χ1n) is 4.47. The van der Waals surface area contributed by atoms with Crippen molar-refractivity contribution in [1.29, 1.82) is 0 Å². The topological polar surface area (TPSA) is 84.6 Å². The lowest BCUT2D eigenvalue weighted by Crippen LogP contribution is -2.49. The van der Waals surface area contributed by atoms with Crippen LogP contribution in [0.1, 0.15) is 13.3 Å². The highest BCUT2D eigenvalue weighted by Crippen LogP contribution is 2.05. The van der Waals surface area contributed by atoms with Crippen LogP contribution >= 0.6 is 0 Å². The van der Waals surface area contributed by atoms with Crippen molar-refractivity contribution in [2.45, 2.75) is 31.5 Å². The maximum atomic E-state index is 11.3. The van der Waals surface area contributed by atoms with Crippen molar-refractivity contribution in [3.05, 3.63) is 0 Å². The molecule has 3 atom stereocenters. The minimum atomic E-state index is -0.604. The van der Waals surface area contributed by atoms with Gasteiger partial charge in [0, 0.05) is 0 Å². The minimum absolute atomic E-state index is 0.225. The van der Waals surface area contributed by atoms with Gasteiger partial charge in [0.1, 0.15) is 0 Å². The van der Waals surface area contributed by atoms with E-state index in [1.54, 1.807) is 0 Å². The molecule has 76 valence electrons. The first-order valence-corrected chi connectivity index (χ1v) is 4.47. The van der Waals surface area contributed by atoms with Crippen LogP contribution in [0.5, 0.6) is 0 Å². The standard InChI is InChI=1S/C8H16N2O3/c1-2-5(9)8(12)10-6-3-13-4-7(6)11/h5-7,11H,2-4,9H2,1H3,(H,10,12)/t5?,6-,7-/m1/s1. The van der Waals surface area contributed by atoms with E-state index in [2.05, 4.69) is 5.32 Å². The van der Waals surface area contributed by atoms with Crippen molar-refractivity contribution >= 4 is 5.91 Å². The monoisotopic (exact) mass is 188 g/mol. The summed E-state index contributed by atoms with van der Waals surface area (Å²) in [5.74, 6) is -0.225. The molecule has 1 amide bonds. The predicted molar refractivity (Wildman–Crippen MR) is 47.0 cm³/mol. The number of carbonyl (C=O) groups is 1. The van der Waals surface area contributed by atoms with Crippen molar-refractivity contribution in [2.75, 3.05) is 13.2 Å². The Kier molecular flexibility index (Phi) is 3.65. The zero-order chi connectivity index (χ0) is 9.84. The summed E-state index contributed by atoms with van der Waals surface area (Å²) < 4.78 is 4.98. The number of ether oxygens (including phenoxy) is 1. The number of nitrogens with two attached hydrogens (primary N) is 1. The fourth-order valence-corrected chi connectivity index (χ4v) is 1.16. The van der Waals surface area contributed by atoms with Crippen molar-refractivity contribution < 1.29 is 14.6 Å². The predicted octanol–water partition coefficient (Wildman–Crippen LogP) is -1.40. The molecule has 0 aromatic carbocycles. The smallest absolute Gasteiger partial charge is 0.237 e. The van der Waals surface area contributed by atoms with E-state index in [4.69, 9.17) is 10.5 Å². The molecule has 0 spiro atoms. The van der Waals surface area contributed by atoms with E-state index in [0.29, 0.717) is 13.0 Å². The van der Waals surface area contributed by atoms with Crippen LogP contribution in [0, 0.1) is 0 Å². The second kappa shape index (κ2) is 4.55.